The second-order valence-electron chi connectivity index (χ2n) is 7.07. The number of nitrogens with one attached hydrogen (secondary N) is 2. The van der Waals surface area contributed by atoms with Gasteiger partial charge in [-0.1, -0.05) is 18.2 Å². The summed E-state index contributed by atoms with van der Waals surface area (Å²) in [6.45, 7) is 1.59. The highest BCUT2D eigenvalue weighted by Crippen LogP contribution is 2.22. The van der Waals surface area contributed by atoms with E-state index in [0.717, 1.165) is 17.1 Å². The number of rotatable bonds is 7. The number of esters is 1. The Morgan fingerprint density at radius 3 is 1.97 bits per heavy atom. The van der Waals surface area contributed by atoms with Crippen LogP contribution in [0.5, 0.6) is 5.75 Å². The minimum Gasteiger partial charge on any atom is -0.425 e. The Balaban J connectivity index is 1.54. The van der Waals surface area contributed by atoms with Crippen LogP contribution in [-0.2, 0) is 4.79 Å². The van der Waals surface area contributed by atoms with E-state index in [1.807, 2.05) is 61.5 Å². The first-order valence-corrected chi connectivity index (χ1v) is 9.64. The Hall–Kier alpha value is -3.80. The Morgan fingerprint density at radius 1 is 0.833 bits per heavy atom. The molecule has 1 amide bonds. The molecule has 0 heterocycles. The number of hydrogen-bond acceptors (Lipinski definition) is 5. The molecule has 3 aromatic carbocycles. The van der Waals surface area contributed by atoms with Gasteiger partial charge in [0.25, 0.3) is 5.91 Å². The van der Waals surface area contributed by atoms with Crippen LogP contribution in [0.15, 0.2) is 78.9 Å². The van der Waals surface area contributed by atoms with Crippen molar-refractivity contribution < 1.29 is 14.3 Å². The van der Waals surface area contributed by atoms with E-state index in [1.165, 1.54) is 0 Å². The van der Waals surface area contributed by atoms with Gasteiger partial charge >= 0.3 is 5.97 Å². The molecule has 1 atom stereocenters. The maximum Gasteiger partial charge on any atom is 0.333 e. The van der Waals surface area contributed by atoms with Crippen molar-refractivity contribution in [2.45, 2.75) is 13.0 Å². The van der Waals surface area contributed by atoms with Crippen LogP contribution in [-0.4, -0.2) is 32.0 Å². The molecule has 0 aromatic heterocycles. The molecule has 0 saturated carbocycles. The summed E-state index contributed by atoms with van der Waals surface area (Å²) < 4.78 is 5.37. The number of anilines is 3. The summed E-state index contributed by atoms with van der Waals surface area (Å²) in [6.07, 6.45) is 0. The number of carbonyl (C=O) groups is 2. The first kappa shape index (κ1) is 20.9. The van der Waals surface area contributed by atoms with Crippen molar-refractivity contribution in [1.29, 1.82) is 0 Å². The minimum atomic E-state index is -0.772. The molecular weight excluding hydrogens is 378 g/mol. The van der Waals surface area contributed by atoms with Gasteiger partial charge in [0.1, 0.15) is 11.8 Å². The van der Waals surface area contributed by atoms with Crippen LogP contribution in [0, 0.1) is 0 Å². The van der Waals surface area contributed by atoms with E-state index in [-0.39, 0.29) is 5.91 Å². The summed E-state index contributed by atoms with van der Waals surface area (Å²) in [5, 5.41) is 5.95. The zero-order valence-electron chi connectivity index (χ0n) is 17.3. The van der Waals surface area contributed by atoms with E-state index in [1.54, 1.807) is 43.3 Å². The molecule has 0 aliphatic heterocycles. The molecule has 0 spiro atoms. The van der Waals surface area contributed by atoms with E-state index in [4.69, 9.17) is 4.74 Å². The summed E-state index contributed by atoms with van der Waals surface area (Å²) in [5.74, 6) is -0.437. The molecule has 0 fully saturated rings. The van der Waals surface area contributed by atoms with E-state index >= 15 is 0 Å². The number of carbonyl (C=O) groups excluding carboxylic acids is 2. The topological polar surface area (TPSA) is 70.7 Å². The largest absolute Gasteiger partial charge is 0.425 e. The van der Waals surface area contributed by atoms with Crippen LogP contribution < -0.4 is 20.3 Å². The number of amides is 1. The number of hydrogen-bond donors (Lipinski definition) is 2. The van der Waals surface area contributed by atoms with E-state index in [9.17, 15) is 9.59 Å². The zero-order valence-corrected chi connectivity index (χ0v) is 17.3. The average molecular weight is 403 g/mol. The lowest BCUT2D eigenvalue weighted by Crippen LogP contribution is -2.40. The van der Waals surface area contributed by atoms with Gasteiger partial charge in [0.05, 0.1) is 0 Å². The molecule has 3 rings (SSSR count). The lowest BCUT2D eigenvalue weighted by atomic mass is 10.2. The highest BCUT2D eigenvalue weighted by atomic mass is 16.5. The predicted molar refractivity (Wildman–Crippen MR) is 119 cm³/mol. The van der Waals surface area contributed by atoms with Crippen molar-refractivity contribution in [3.63, 3.8) is 0 Å². The monoisotopic (exact) mass is 403 g/mol. The molecule has 0 radical (unpaired) electrons. The van der Waals surface area contributed by atoms with Gasteiger partial charge in [0, 0.05) is 36.7 Å². The Labute approximate surface area is 176 Å². The van der Waals surface area contributed by atoms with Crippen molar-refractivity contribution in [2.24, 2.45) is 0 Å². The van der Waals surface area contributed by atoms with Gasteiger partial charge in [-0.2, -0.15) is 0 Å². The Kier molecular flexibility index (Phi) is 6.70. The van der Waals surface area contributed by atoms with Crippen LogP contribution >= 0.6 is 0 Å². The zero-order chi connectivity index (χ0) is 21.5. The maximum atomic E-state index is 12.3. The Bertz CT molecular complexity index is 984. The van der Waals surface area contributed by atoms with E-state index in [2.05, 4.69) is 10.6 Å². The number of ether oxygens (including phenoxy) is 1. The SMILES string of the molecule is CC(NC(=O)c1ccccc1)C(=O)Oc1ccc(Nc2ccc(N(C)C)cc2)cc1. The fraction of sp³-hybridized carbons (Fsp3) is 0.167. The minimum absolute atomic E-state index is 0.320. The average Bonchev–Trinajstić information content (AvgIpc) is 2.76. The van der Waals surface area contributed by atoms with Crippen molar-refractivity contribution in [2.75, 3.05) is 24.3 Å². The summed E-state index contributed by atoms with van der Waals surface area (Å²) in [5.41, 5.74) is 3.45. The lowest BCUT2D eigenvalue weighted by molar-refractivity contribution is -0.136. The number of nitrogens with zero attached hydrogens (tertiary/aromatic N) is 1. The molecule has 0 saturated heterocycles. The molecule has 30 heavy (non-hydrogen) atoms. The van der Waals surface area contributed by atoms with E-state index in [0.29, 0.717) is 11.3 Å². The molecule has 6 nitrogen and oxygen atoms in total. The molecule has 6 heteroatoms. The molecule has 3 aromatic rings. The third-order valence-corrected chi connectivity index (χ3v) is 4.48. The van der Waals surface area contributed by atoms with Gasteiger partial charge in [-0.15, -0.1) is 0 Å². The van der Waals surface area contributed by atoms with Crippen LogP contribution in [0.2, 0.25) is 0 Å². The van der Waals surface area contributed by atoms with Gasteiger partial charge in [0.15, 0.2) is 0 Å². The van der Waals surface area contributed by atoms with Crippen molar-refractivity contribution in [3.05, 3.63) is 84.4 Å². The van der Waals surface area contributed by atoms with Crippen molar-refractivity contribution in [3.8, 4) is 5.75 Å². The fourth-order valence-corrected chi connectivity index (χ4v) is 2.75. The molecular formula is C24H25N3O3. The molecule has 1 unspecified atom stereocenters. The molecule has 0 bridgehead atoms. The van der Waals surface area contributed by atoms with Gasteiger partial charge < -0.3 is 20.3 Å². The second kappa shape index (κ2) is 9.60. The molecule has 0 aliphatic rings. The summed E-state index contributed by atoms with van der Waals surface area (Å²) >= 11 is 0. The second-order valence-corrected chi connectivity index (χ2v) is 7.07. The summed E-state index contributed by atoms with van der Waals surface area (Å²) in [6, 6.07) is 23.1. The first-order chi connectivity index (χ1) is 14.4. The van der Waals surface area contributed by atoms with Crippen molar-refractivity contribution >= 4 is 28.9 Å². The van der Waals surface area contributed by atoms with Gasteiger partial charge in [-0.25, -0.2) is 4.79 Å². The van der Waals surface area contributed by atoms with Crippen molar-refractivity contribution in [1.82, 2.24) is 5.32 Å². The Morgan fingerprint density at radius 2 is 1.40 bits per heavy atom. The van der Waals surface area contributed by atoms with Gasteiger partial charge in [-0.05, 0) is 67.6 Å². The third kappa shape index (κ3) is 5.61. The van der Waals surface area contributed by atoms with Gasteiger partial charge in [0.2, 0.25) is 0 Å². The standard InChI is InChI=1S/C24H25N3O3/c1-17(25-23(28)18-7-5-4-6-8-18)24(29)30-22-15-11-20(12-16-22)26-19-9-13-21(14-10-19)27(2)3/h4-17,26H,1-3H3,(H,25,28). The molecule has 154 valence electrons. The predicted octanol–water partition coefficient (Wildman–Crippen LogP) is 4.22. The summed E-state index contributed by atoms with van der Waals surface area (Å²) in [4.78, 5) is 26.5. The number of benzene rings is 3. The fourth-order valence-electron chi connectivity index (χ4n) is 2.75. The maximum absolute atomic E-state index is 12.3. The first-order valence-electron chi connectivity index (χ1n) is 9.64. The van der Waals surface area contributed by atoms with Gasteiger partial charge in [-0.3, -0.25) is 4.79 Å². The molecule has 0 aliphatic carbocycles. The van der Waals surface area contributed by atoms with E-state index < -0.39 is 12.0 Å². The highest BCUT2D eigenvalue weighted by Gasteiger charge is 2.18. The lowest BCUT2D eigenvalue weighted by Gasteiger charge is -2.14. The highest BCUT2D eigenvalue weighted by molar-refractivity contribution is 5.96. The smallest absolute Gasteiger partial charge is 0.333 e. The molecule has 2 N–H and O–H groups in total. The van der Waals surface area contributed by atoms with Crippen LogP contribution in [0.1, 0.15) is 17.3 Å². The normalized spacial score (nSPS) is 11.3. The summed E-state index contributed by atoms with van der Waals surface area (Å²) in [7, 11) is 3.99. The van der Waals surface area contributed by atoms with Crippen LogP contribution in [0.25, 0.3) is 0 Å². The quantitative estimate of drug-likeness (QED) is 0.457. The van der Waals surface area contributed by atoms with Crippen LogP contribution in [0.4, 0.5) is 17.1 Å². The third-order valence-electron chi connectivity index (χ3n) is 4.48. The van der Waals surface area contributed by atoms with Crippen LogP contribution in [0.3, 0.4) is 0 Å².